The van der Waals surface area contributed by atoms with Crippen LogP contribution in [0.1, 0.15) is 15.9 Å². The van der Waals surface area contributed by atoms with Gasteiger partial charge in [0.05, 0.1) is 0 Å². The summed E-state index contributed by atoms with van der Waals surface area (Å²) in [6.07, 6.45) is 0. The van der Waals surface area contributed by atoms with Crippen LogP contribution in [0.15, 0.2) is 18.2 Å². The molecule has 0 radical (unpaired) electrons. The molecule has 1 heterocycles. The number of rotatable bonds is 2. The van der Waals surface area contributed by atoms with Gasteiger partial charge in [-0.05, 0) is 30.7 Å². The fraction of sp³-hybridized carbons (Fsp3) is 0.417. The van der Waals surface area contributed by atoms with Crippen LogP contribution in [0.3, 0.4) is 0 Å². The lowest BCUT2D eigenvalue weighted by Crippen LogP contribution is -2.51. The Balaban J connectivity index is 2.10. The van der Waals surface area contributed by atoms with Gasteiger partial charge >= 0.3 is 0 Å². The zero-order chi connectivity index (χ0) is 11.7. The van der Waals surface area contributed by atoms with E-state index in [1.165, 1.54) is 0 Å². The number of carbonyl (C=O) groups is 1. The third-order valence-corrected chi connectivity index (χ3v) is 2.85. The average Bonchev–Trinajstić information content (AvgIpc) is 2.14. The second kappa shape index (κ2) is 4.14. The quantitative estimate of drug-likeness (QED) is 0.719. The maximum absolute atomic E-state index is 12.0. The molecule has 1 amide bonds. The summed E-state index contributed by atoms with van der Waals surface area (Å²) in [6.45, 7) is 3.35. The first-order chi connectivity index (χ1) is 7.60. The molecule has 1 aliphatic rings. The van der Waals surface area contributed by atoms with Crippen molar-refractivity contribution in [3.05, 3.63) is 29.3 Å². The normalized spacial score (nSPS) is 16.0. The van der Waals surface area contributed by atoms with E-state index in [-0.39, 0.29) is 18.4 Å². The van der Waals surface area contributed by atoms with E-state index in [0.29, 0.717) is 24.3 Å². The third kappa shape index (κ3) is 2.02. The smallest absolute Gasteiger partial charge is 0.253 e. The number of likely N-dealkylation sites (tertiary alicyclic amines) is 1. The van der Waals surface area contributed by atoms with Crippen LogP contribution in [0, 0.1) is 12.8 Å². The fourth-order valence-electron chi connectivity index (χ4n) is 1.97. The molecule has 0 aromatic heterocycles. The van der Waals surface area contributed by atoms with Gasteiger partial charge in [0.2, 0.25) is 0 Å². The van der Waals surface area contributed by atoms with Crippen LogP contribution in [-0.2, 0) is 0 Å². The topological polar surface area (TPSA) is 66.6 Å². The van der Waals surface area contributed by atoms with Gasteiger partial charge in [-0.15, -0.1) is 0 Å². The van der Waals surface area contributed by atoms with E-state index in [4.69, 9.17) is 10.8 Å². The first-order valence-electron chi connectivity index (χ1n) is 5.37. The summed E-state index contributed by atoms with van der Waals surface area (Å²) in [5.41, 5.74) is 7.93. The maximum Gasteiger partial charge on any atom is 0.253 e. The van der Waals surface area contributed by atoms with Gasteiger partial charge in [0.1, 0.15) is 0 Å². The van der Waals surface area contributed by atoms with Gasteiger partial charge in [-0.3, -0.25) is 4.79 Å². The molecule has 0 unspecified atom stereocenters. The molecule has 4 heteroatoms. The number of benzene rings is 1. The zero-order valence-corrected chi connectivity index (χ0v) is 9.31. The molecule has 4 nitrogen and oxygen atoms in total. The zero-order valence-electron chi connectivity index (χ0n) is 9.31. The Morgan fingerprint density at radius 2 is 2.19 bits per heavy atom. The number of amides is 1. The van der Waals surface area contributed by atoms with Gasteiger partial charge in [-0.25, -0.2) is 0 Å². The van der Waals surface area contributed by atoms with Crippen molar-refractivity contribution < 1.29 is 9.90 Å². The molecular formula is C12H16N2O2. The lowest BCUT2D eigenvalue weighted by molar-refractivity contribution is 0.0362. The standard InChI is InChI=1S/C12H16N2O2/c1-8-2-10(4-11(13)3-8)12(16)14-5-9(6-14)7-15/h2-4,9,15H,5-7,13H2,1H3. The van der Waals surface area contributed by atoms with E-state index >= 15 is 0 Å². The number of aryl methyl sites for hydroxylation is 1. The van der Waals surface area contributed by atoms with Crippen molar-refractivity contribution in [1.82, 2.24) is 4.90 Å². The van der Waals surface area contributed by atoms with Gasteiger partial charge in [0, 0.05) is 36.9 Å². The molecule has 0 atom stereocenters. The number of aliphatic hydroxyl groups is 1. The van der Waals surface area contributed by atoms with E-state index in [9.17, 15) is 4.79 Å². The molecule has 0 bridgehead atoms. The number of hydrogen-bond donors (Lipinski definition) is 2. The summed E-state index contributed by atoms with van der Waals surface area (Å²) in [6, 6.07) is 5.37. The highest BCUT2D eigenvalue weighted by Gasteiger charge is 2.30. The summed E-state index contributed by atoms with van der Waals surface area (Å²) in [7, 11) is 0. The Bertz CT molecular complexity index is 391. The Labute approximate surface area is 94.7 Å². The van der Waals surface area contributed by atoms with E-state index in [1.54, 1.807) is 11.0 Å². The van der Waals surface area contributed by atoms with Crippen molar-refractivity contribution in [2.75, 3.05) is 25.4 Å². The van der Waals surface area contributed by atoms with Crippen LogP contribution >= 0.6 is 0 Å². The molecule has 1 aromatic rings. The number of anilines is 1. The molecule has 1 aromatic carbocycles. The molecular weight excluding hydrogens is 204 g/mol. The number of nitrogen functional groups attached to an aromatic ring is 1. The summed E-state index contributed by atoms with van der Waals surface area (Å²) in [5, 5.41) is 8.89. The first-order valence-corrected chi connectivity index (χ1v) is 5.37. The van der Waals surface area contributed by atoms with Crippen LogP contribution in [0.4, 0.5) is 5.69 Å². The predicted molar refractivity (Wildman–Crippen MR) is 62.1 cm³/mol. The van der Waals surface area contributed by atoms with Crippen molar-refractivity contribution in [3.8, 4) is 0 Å². The van der Waals surface area contributed by atoms with Crippen molar-refractivity contribution >= 4 is 11.6 Å². The molecule has 1 fully saturated rings. The van der Waals surface area contributed by atoms with Crippen molar-refractivity contribution in [2.45, 2.75) is 6.92 Å². The Morgan fingerprint density at radius 1 is 1.50 bits per heavy atom. The Hall–Kier alpha value is -1.55. The minimum absolute atomic E-state index is 0.0000926. The van der Waals surface area contributed by atoms with Gasteiger partial charge in [0.25, 0.3) is 5.91 Å². The molecule has 0 aliphatic carbocycles. The van der Waals surface area contributed by atoms with Gasteiger partial charge in [-0.2, -0.15) is 0 Å². The monoisotopic (exact) mass is 220 g/mol. The van der Waals surface area contributed by atoms with E-state index in [0.717, 1.165) is 5.56 Å². The largest absolute Gasteiger partial charge is 0.399 e. The second-order valence-electron chi connectivity index (χ2n) is 4.39. The van der Waals surface area contributed by atoms with Crippen LogP contribution in [0.2, 0.25) is 0 Å². The van der Waals surface area contributed by atoms with E-state index < -0.39 is 0 Å². The van der Waals surface area contributed by atoms with Gasteiger partial charge < -0.3 is 15.7 Å². The Morgan fingerprint density at radius 3 is 2.75 bits per heavy atom. The fourth-order valence-corrected chi connectivity index (χ4v) is 1.97. The van der Waals surface area contributed by atoms with Crippen molar-refractivity contribution in [1.29, 1.82) is 0 Å². The number of aliphatic hydroxyl groups excluding tert-OH is 1. The highest BCUT2D eigenvalue weighted by atomic mass is 16.3. The van der Waals surface area contributed by atoms with Crippen LogP contribution in [-0.4, -0.2) is 35.6 Å². The second-order valence-corrected chi connectivity index (χ2v) is 4.39. The summed E-state index contributed by atoms with van der Waals surface area (Å²) in [4.78, 5) is 13.7. The molecule has 1 aliphatic heterocycles. The number of carbonyl (C=O) groups excluding carboxylic acids is 1. The molecule has 2 rings (SSSR count). The van der Waals surface area contributed by atoms with E-state index in [2.05, 4.69) is 0 Å². The number of nitrogens with two attached hydrogens (primary N) is 1. The molecule has 16 heavy (non-hydrogen) atoms. The average molecular weight is 220 g/mol. The lowest BCUT2D eigenvalue weighted by atomic mass is 9.99. The number of hydrogen-bond acceptors (Lipinski definition) is 3. The summed E-state index contributed by atoms with van der Waals surface area (Å²) in [5.74, 6) is 0.242. The van der Waals surface area contributed by atoms with Gasteiger partial charge in [-0.1, -0.05) is 0 Å². The summed E-state index contributed by atoms with van der Waals surface area (Å²) >= 11 is 0. The SMILES string of the molecule is Cc1cc(N)cc(C(=O)N2CC(CO)C2)c1. The summed E-state index contributed by atoms with van der Waals surface area (Å²) < 4.78 is 0. The Kier molecular flexibility index (Phi) is 2.83. The molecule has 86 valence electrons. The molecule has 0 spiro atoms. The highest BCUT2D eigenvalue weighted by molar-refractivity contribution is 5.95. The molecule has 3 N–H and O–H groups in total. The third-order valence-electron chi connectivity index (χ3n) is 2.85. The lowest BCUT2D eigenvalue weighted by Gasteiger charge is -2.38. The van der Waals surface area contributed by atoms with Crippen molar-refractivity contribution in [2.24, 2.45) is 5.92 Å². The maximum atomic E-state index is 12.0. The minimum atomic E-state index is 0.0000926. The predicted octanol–water partition coefficient (Wildman–Crippen LogP) is 0.642. The van der Waals surface area contributed by atoms with E-state index in [1.807, 2.05) is 19.1 Å². The van der Waals surface area contributed by atoms with Gasteiger partial charge in [0.15, 0.2) is 0 Å². The first kappa shape index (κ1) is 11.0. The van der Waals surface area contributed by atoms with Crippen molar-refractivity contribution in [3.63, 3.8) is 0 Å². The molecule has 0 saturated carbocycles. The number of nitrogens with zero attached hydrogens (tertiary/aromatic N) is 1. The van der Waals surface area contributed by atoms with Crippen LogP contribution in [0.25, 0.3) is 0 Å². The van der Waals surface area contributed by atoms with Crippen LogP contribution in [0.5, 0.6) is 0 Å². The highest BCUT2D eigenvalue weighted by Crippen LogP contribution is 2.20. The molecule has 1 saturated heterocycles. The minimum Gasteiger partial charge on any atom is -0.399 e. The van der Waals surface area contributed by atoms with Crippen LogP contribution < -0.4 is 5.73 Å².